The van der Waals surface area contributed by atoms with Crippen molar-refractivity contribution >= 4 is 10.0 Å². The van der Waals surface area contributed by atoms with Crippen LogP contribution in [-0.4, -0.2) is 40.0 Å². The lowest BCUT2D eigenvalue weighted by Gasteiger charge is -2.23. The summed E-state index contributed by atoms with van der Waals surface area (Å²) >= 11 is 0. The standard InChI is InChI=1S/C23H22FN5O3S/c1-17-12-22(10-11-23(17)29-16-25-26-27-29)33(30,31)28(14-18-6-8-20(24)9-7-18)15-19-4-3-5-21(13-19)32-2/h3-13,16H,14-15H2,1-2H3. The number of sulfonamides is 1. The van der Waals surface area contributed by atoms with E-state index in [4.69, 9.17) is 4.74 Å². The molecule has 0 radical (unpaired) electrons. The molecular formula is C23H22FN5O3S. The third-order valence-corrected chi connectivity index (χ3v) is 6.95. The van der Waals surface area contributed by atoms with E-state index in [-0.39, 0.29) is 23.8 Å². The Balaban J connectivity index is 1.71. The molecule has 0 aliphatic rings. The molecule has 33 heavy (non-hydrogen) atoms. The van der Waals surface area contributed by atoms with E-state index in [1.54, 1.807) is 50.4 Å². The van der Waals surface area contributed by atoms with Crippen molar-refractivity contribution in [3.8, 4) is 11.4 Å². The molecule has 0 fully saturated rings. The molecule has 1 heterocycles. The number of aryl methyl sites for hydroxylation is 1. The Hall–Kier alpha value is -3.63. The molecule has 0 bridgehead atoms. The van der Waals surface area contributed by atoms with E-state index in [9.17, 15) is 12.8 Å². The second-order valence-electron chi connectivity index (χ2n) is 7.45. The minimum atomic E-state index is -3.90. The first-order valence-corrected chi connectivity index (χ1v) is 11.5. The maximum Gasteiger partial charge on any atom is 0.243 e. The molecule has 0 N–H and O–H groups in total. The predicted octanol–water partition coefficient (Wildman–Crippen LogP) is 3.51. The molecule has 170 valence electrons. The topological polar surface area (TPSA) is 90.2 Å². The zero-order valence-electron chi connectivity index (χ0n) is 18.1. The Morgan fingerprint density at radius 2 is 1.76 bits per heavy atom. The van der Waals surface area contributed by atoms with E-state index in [0.29, 0.717) is 22.6 Å². The maximum atomic E-state index is 13.7. The number of tetrazole rings is 1. The molecule has 0 spiro atoms. The van der Waals surface area contributed by atoms with Gasteiger partial charge in [0.2, 0.25) is 10.0 Å². The number of hydrogen-bond acceptors (Lipinski definition) is 6. The third-order valence-electron chi connectivity index (χ3n) is 5.17. The van der Waals surface area contributed by atoms with Crippen LogP contribution in [0.5, 0.6) is 5.75 Å². The predicted molar refractivity (Wildman–Crippen MR) is 120 cm³/mol. The highest BCUT2D eigenvalue weighted by Crippen LogP contribution is 2.25. The normalized spacial score (nSPS) is 11.6. The number of ether oxygens (including phenoxy) is 1. The van der Waals surface area contributed by atoms with Gasteiger partial charge in [-0.15, -0.1) is 5.10 Å². The average Bonchev–Trinajstić information content (AvgIpc) is 3.34. The first kappa shape index (κ1) is 22.6. The molecule has 0 amide bonds. The molecule has 3 aromatic carbocycles. The molecule has 0 aliphatic carbocycles. The SMILES string of the molecule is COc1cccc(CN(Cc2ccc(F)cc2)S(=O)(=O)c2ccc(-n3cnnn3)c(C)c2)c1. The zero-order valence-corrected chi connectivity index (χ0v) is 18.9. The van der Waals surface area contributed by atoms with Crippen LogP contribution in [0, 0.1) is 12.7 Å². The van der Waals surface area contributed by atoms with Gasteiger partial charge in [0.25, 0.3) is 0 Å². The van der Waals surface area contributed by atoms with Gasteiger partial charge in [0.15, 0.2) is 0 Å². The number of methoxy groups -OCH3 is 1. The number of aromatic nitrogens is 4. The van der Waals surface area contributed by atoms with E-state index >= 15 is 0 Å². The summed E-state index contributed by atoms with van der Waals surface area (Å²) in [5.41, 5.74) is 2.82. The Kier molecular flexibility index (Phi) is 6.47. The number of halogens is 1. The van der Waals surface area contributed by atoms with Crippen molar-refractivity contribution in [3.63, 3.8) is 0 Å². The fourth-order valence-electron chi connectivity index (χ4n) is 3.46. The molecule has 1 aromatic heterocycles. The summed E-state index contributed by atoms with van der Waals surface area (Å²) in [5, 5.41) is 11.1. The first-order valence-electron chi connectivity index (χ1n) is 10.1. The minimum absolute atomic E-state index is 0.0770. The highest BCUT2D eigenvalue weighted by atomic mass is 32.2. The van der Waals surface area contributed by atoms with E-state index in [1.165, 1.54) is 33.5 Å². The van der Waals surface area contributed by atoms with Crippen molar-refractivity contribution in [1.82, 2.24) is 24.5 Å². The summed E-state index contributed by atoms with van der Waals surface area (Å²) in [5.74, 6) is 0.253. The van der Waals surface area contributed by atoms with Gasteiger partial charge in [-0.25, -0.2) is 17.5 Å². The summed E-state index contributed by atoms with van der Waals surface area (Å²) in [6.07, 6.45) is 1.44. The van der Waals surface area contributed by atoms with Gasteiger partial charge in [0.05, 0.1) is 17.7 Å². The molecule has 4 aromatic rings. The van der Waals surface area contributed by atoms with Gasteiger partial charge >= 0.3 is 0 Å². The van der Waals surface area contributed by atoms with E-state index in [0.717, 1.165) is 5.56 Å². The van der Waals surface area contributed by atoms with Crippen LogP contribution in [-0.2, 0) is 23.1 Å². The highest BCUT2D eigenvalue weighted by molar-refractivity contribution is 7.89. The molecule has 0 saturated carbocycles. The number of nitrogens with zero attached hydrogens (tertiary/aromatic N) is 5. The van der Waals surface area contributed by atoms with Crippen molar-refractivity contribution in [3.05, 3.63) is 95.6 Å². The highest BCUT2D eigenvalue weighted by Gasteiger charge is 2.26. The molecule has 0 saturated heterocycles. The van der Waals surface area contributed by atoms with Gasteiger partial charge in [0.1, 0.15) is 17.9 Å². The molecule has 0 unspecified atom stereocenters. The minimum Gasteiger partial charge on any atom is -0.497 e. The van der Waals surface area contributed by atoms with Crippen LogP contribution < -0.4 is 4.74 Å². The fraction of sp³-hybridized carbons (Fsp3) is 0.174. The van der Waals surface area contributed by atoms with E-state index in [2.05, 4.69) is 15.5 Å². The quantitative estimate of drug-likeness (QED) is 0.394. The smallest absolute Gasteiger partial charge is 0.243 e. The summed E-state index contributed by atoms with van der Waals surface area (Å²) in [7, 11) is -2.34. The Bertz CT molecular complexity index is 1340. The Morgan fingerprint density at radius 1 is 1.00 bits per heavy atom. The van der Waals surface area contributed by atoms with E-state index in [1.807, 2.05) is 12.1 Å². The second-order valence-corrected chi connectivity index (χ2v) is 9.39. The maximum absolute atomic E-state index is 13.7. The lowest BCUT2D eigenvalue weighted by atomic mass is 10.2. The van der Waals surface area contributed by atoms with Crippen molar-refractivity contribution in [2.45, 2.75) is 24.9 Å². The van der Waals surface area contributed by atoms with Crippen LogP contribution in [0.4, 0.5) is 4.39 Å². The first-order chi connectivity index (χ1) is 15.9. The monoisotopic (exact) mass is 467 g/mol. The number of hydrogen-bond donors (Lipinski definition) is 0. The zero-order chi connectivity index (χ0) is 23.4. The van der Waals surface area contributed by atoms with E-state index < -0.39 is 10.0 Å². The van der Waals surface area contributed by atoms with Crippen molar-refractivity contribution < 1.29 is 17.5 Å². The van der Waals surface area contributed by atoms with Crippen molar-refractivity contribution in [1.29, 1.82) is 0 Å². The summed E-state index contributed by atoms with van der Waals surface area (Å²) in [6.45, 7) is 1.99. The summed E-state index contributed by atoms with van der Waals surface area (Å²) in [4.78, 5) is 0.141. The lowest BCUT2D eigenvalue weighted by molar-refractivity contribution is 0.395. The van der Waals surface area contributed by atoms with Crippen molar-refractivity contribution in [2.75, 3.05) is 7.11 Å². The summed E-state index contributed by atoms with van der Waals surface area (Å²) < 4.78 is 48.9. The van der Waals surface area contributed by atoms with Gasteiger partial charge < -0.3 is 4.74 Å². The van der Waals surface area contributed by atoms with Gasteiger partial charge in [-0.2, -0.15) is 4.31 Å². The van der Waals surface area contributed by atoms with Crippen LogP contribution in [0.3, 0.4) is 0 Å². The van der Waals surface area contributed by atoms with Gasteiger partial charge in [0, 0.05) is 13.1 Å². The largest absolute Gasteiger partial charge is 0.497 e. The van der Waals surface area contributed by atoms with Crippen LogP contribution >= 0.6 is 0 Å². The number of rotatable bonds is 8. The third kappa shape index (κ3) is 5.07. The van der Waals surface area contributed by atoms with Crippen LogP contribution in [0.2, 0.25) is 0 Å². The fourth-order valence-corrected chi connectivity index (χ4v) is 4.96. The van der Waals surface area contributed by atoms with Gasteiger partial charge in [-0.05, 0) is 76.5 Å². The molecular weight excluding hydrogens is 445 g/mol. The van der Waals surface area contributed by atoms with Crippen LogP contribution in [0.25, 0.3) is 5.69 Å². The Labute approximate surface area is 191 Å². The van der Waals surface area contributed by atoms with Gasteiger partial charge in [-0.1, -0.05) is 24.3 Å². The Morgan fingerprint density at radius 3 is 2.42 bits per heavy atom. The second kappa shape index (κ2) is 9.47. The molecule has 4 rings (SSSR count). The molecule has 0 atom stereocenters. The van der Waals surface area contributed by atoms with Crippen LogP contribution in [0.15, 0.2) is 78.0 Å². The molecule has 0 aliphatic heterocycles. The van der Waals surface area contributed by atoms with Gasteiger partial charge in [-0.3, -0.25) is 0 Å². The molecule has 8 nitrogen and oxygen atoms in total. The lowest BCUT2D eigenvalue weighted by Crippen LogP contribution is -2.30. The molecule has 10 heteroatoms. The number of benzene rings is 3. The van der Waals surface area contributed by atoms with Crippen molar-refractivity contribution in [2.24, 2.45) is 0 Å². The van der Waals surface area contributed by atoms with Crippen LogP contribution in [0.1, 0.15) is 16.7 Å². The summed E-state index contributed by atoms with van der Waals surface area (Å²) in [6, 6.07) is 17.8. The average molecular weight is 468 g/mol.